The van der Waals surface area contributed by atoms with E-state index >= 15 is 0 Å². The third kappa shape index (κ3) is 11.3. The molecule has 1 atom stereocenters. The van der Waals surface area contributed by atoms with E-state index in [1.165, 1.54) is 36.2 Å². The first-order chi connectivity index (χ1) is 31.5. The second kappa shape index (κ2) is 21.0. The van der Waals surface area contributed by atoms with Crippen LogP contribution in [0.2, 0.25) is 0 Å². The highest BCUT2D eigenvalue weighted by Gasteiger charge is 2.29. The average Bonchev–Trinajstić information content (AvgIpc) is 3.31. The fourth-order valence-electron chi connectivity index (χ4n) is 9.42. The van der Waals surface area contributed by atoms with Crippen molar-refractivity contribution in [1.82, 2.24) is 35.9 Å². The second-order valence-electron chi connectivity index (χ2n) is 17.7. The number of ether oxygens (including phenoxy) is 1. The van der Waals surface area contributed by atoms with Crippen molar-refractivity contribution in [3.05, 3.63) is 82.7 Å². The number of piperidine rings is 3. The number of carbonyl (C=O) groups is 2. The molecular formula is C48H61BrN11O4P. The zero-order chi connectivity index (χ0) is 45.5. The van der Waals surface area contributed by atoms with Crippen LogP contribution in [0.5, 0.6) is 5.75 Å². The Kier molecular flexibility index (Phi) is 15.0. The molecule has 8 rings (SSSR count). The summed E-state index contributed by atoms with van der Waals surface area (Å²) in [5, 5.41) is 17.4. The number of anilines is 6. The van der Waals surface area contributed by atoms with E-state index in [0.29, 0.717) is 62.9 Å². The summed E-state index contributed by atoms with van der Waals surface area (Å²) in [5.41, 5.74) is 7.32. The minimum absolute atomic E-state index is 0.175. The van der Waals surface area contributed by atoms with Gasteiger partial charge in [-0.25, -0.2) is 4.98 Å². The lowest BCUT2D eigenvalue weighted by Crippen LogP contribution is -2.44. The third-order valence-electron chi connectivity index (χ3n) is 13.0. The van der Waals surface area contributed by atoms with Gasteiger partial charge < -0.3 is 40.4 Å². The molecule has 65 heavy (non-hydrogen) atoms. The predicted octanol–water partition coefficient (Wildman–Crippen LogP) is 7.46. The van der Waals surface area contributed by atoms with Crippen molar-refractivity contribution in [3.63, 3.8) is 0 Å². The number of methoxy groups -OCH3 is 1. The van der Waals surface area contributed by atoms with Crippen molar-refractivity contribution in [2.45, 2.75) is 70.3 Å². The number of benzene rings is 3. The molecule has 5 aromatic rings. The van der Waals surface area contributed by atoms with Crippen LogP contribution in [0.25, 0.3) is 11.0 Å². The van der Waals surface area contributed by atoms with Crippen LogP contribution in [0.1, 0.15) is 68.9 Å². The lowest BCUT2D eigenvalue weighted by Gasteiger charge is -2.35. The number of hydrogen-bond acceptors (Lipinski definition) is 14. The topological polar surface area (TPSA) is 179 Å². The number of fused-ring (bicyclic) bond motifs is 1. The van der Waals surface area contributed by atoms with Crippen molar-refractivity contribution >= 4 is 85.7 Å². The molecule has 5 N–H and O–H groups in total. The maximum Gasteiger partial charge on any atom is 0.234 e. The first-order valence-electron chi connectivity index (χ1n) is 22.9. The number of aromatic nitrogens is 4. The van der Waals surface area contributed by atoms with E-state index in [1.54, 1.807) is 39.0 Å². The van der Waals surface area contributed by atoms with E-state index in [2.05, 4.69) is 111 Å². The Morgan fingerprint density at radius 3 is 2.34 bits per heavy atom. The van der Waals surface area contributed by atoms with Crippen molar-refractivity contribution in [2.75, 3.05) is 86.7 Å². The molecule has 0 saturated carbocycles. The van der Waals surface area contributed by atoms with E-state index in [4.69, 9.17) is 9.72 Å². The molecule has 5 heterocycles. The van der Waals surface area contributed by atoms with Gasteiger partial charge in [-0.2, -0.15) is 4.98 Å². The van der Waals surface area contributed by atoms with Crippen LogP contribution < -0.4 is 46.4 Å². The lowest BCUT2D eigenvalue weighted by atomic mass is 9.90. The van der Waals surface area contributed by atoms with Gasteiger partial charge in [0.2, 0.25) is 17.8 Å². The minimum atomic E-state index is -2.76. The second-order valence-corrected chi connectivity index (χ2v) is 21.7. The first-order valence-corrected chi connectivity index (χ1v) is 26.3. The number of nitrogens with one attached hydrogen (secondary N) is 5. The van der Waals surface area contributed by atoms with Gasteiger partial charge in [-0.15, -0.1) is 0 Å². The molecule has 0 spiro atoms. The van der Waals surface area contributed by atoms with Crippen molar-refractivity contribution < 1.29 is 18.9 Å². The summed E-state index contributed by atoms with van der Waals surface area (Å²) in [6, 6.07) is 16.8. The first kappa shape index (κ1) is 46.4. The average molecular weight is 967 g/mol. The Hall–Kier alpha value is -5.15. The van der Waals surface area contributed by atoms with Gasteiger partial charge in [-0.05, 0) is 128 Å². The molecule has 0 radical (unpaired) electrons. The van der Waals surface area contributed by atoms with Gasteiger partial charge in [0.1, 0.15) is 24.2 Å². The van der Waals surface area contributed by atoms with E-state index in [-0.39, 0.29) is 17.7 Å². The fraction of sp³-hybridized carbons (Fsp3) is 0.458. The summed E-state index contributed by atoms with van der Waals surface area (Å²) in [5.74, 6) is 1.75. The Labute approximate surface area is 390 Å². The number of nitrogens with zero attached hydrogens (tertiary/aromatic N) is 6. The maximum absolute atomic E-state index is 13.5. The highest BCUT2D eigenvalue weighted by molar-refractivity contribution is 9.10. The molecule has 2 aromatic heterocycles. The normalized spacial score (nSPS) is 17.6. The van der Waals surface area contributed by atoms with Gasteiger partial charge in [0.15, 0.2) is 0 Å². The van der Waals surface area contributed by atoms with E-state index < -0.39 is 7.14 Å². The van der Waals surface area contributed by atoms with Gasteiger partial charge >= 0.3 is 0 Å². The largest absolute Gasteiger partial charge is 0.494 e. The number of amides is 2. The van der Waals surface area contributed by atoms with Crippen LogP contribution in [-0.2, 0) is 20.6 Å². The van der Waals surface area contributed by atoms with Crippen LogP contribution in [0, 0.1) is 5.92 Å². The maximum atomic E-state index is 13.5. The van der Waals surface area contributed by atoms with Crippen molar-refractivity contribution in [1.29, 1.82) is 0 Å². The standard InChI is InChI=1S/C48H61BrN11O4P/c1-5-32-28-40(56-48-54-30-37(49)46(58-48)55-39-12-11-38-44(53-23-22-52-38)45(39)65(3,4)63)42(64-2)29-41(32)60-26-17-34(18-27-60)51-21-20-50-19-14-31-15-24-59(25-16-31)35-8-6-33(7-9-35)36-10-13-43(61)57-47(36)62/h6-9,11-12,22-23,28-31,34,36,50-51H,5,10,13-21,24-27H2,1-4H3,(H,57,61,62)(H2,54,55,56,58). The molecule has 17 heteroatoms. The van der Waals surface area contributed by atoms with Crippen molar-refractivity contribution in [2.24, 2.45) is 5.92 Å². The highest BCUT2D eigenvalue weighted by Crippen LogP contribution is 2.42. The summed E-state index contributed by atoms with van der Waals surface area (Å²) in [6.45, 7) is 12.6. The Bertz CT molecular complexity index is 2520. The monoisotopic (exact) mass is 965 g/mol. The summed E-state index contributed by atoms with van der Waals surface area (Å²) in [7, 11) is -1.08. The molecule has 3 aromatic carbocycles. The zero-order valence-corrected chi connectivity index (χ0v) is 40.3. The SMILES string of the molecule is CCc1cc(Nc2ncc(Br)c(Nc3ccc4nccnc4c3P(C)(C)=O)n2)c(OC)cc1N1CCC(NCCNCCC2CCN(c3ccc(C4CCC(=O)NC4=O)cc3)CC2)CC1. The van der Waals surface area contributed by atoms with Gasteiger partial charge in [0.05, 0.1) is 39.7 Å². The van der Waals surface area contributed by atoms with Crippen LogP contribution in [0.15, 0.2) is 71.6 Å². The number of carbonyl (C=O) groups excluding carboxylic acids is 2. The van der Waals surface area contributed by atoms with Gasteiger partial charge in [-0.1, -0.05) is 19.1 Å². The van der Waals surface area contributed by atoms with Crippen LogP contribution in [0.4, 0.5) is 34.5 Å². The Balaban J connectivity index is 0.776. The Morgan fingerprint density at radius 2 is 1.62 bits per heavy atom. The zero-order valence-electron chi connectivity index (χ0n) is 37.8. The lowest BCUT2D eigenvalue weighted by molar-refractivity contribution is -0.134. The summed E-state index contributed by atoms with van der Waals surface area (Å²) in [4.78, 5) is 47.0. The van der Waals surface area contributed by atoms with E-state index in [9.17, 15) is 14.2 Å². The summed E-state index contributed by atoms with van der Waals surface area (Å²) < 4.78 is 20.1. The van der Waals surface area contributed by atoms with Crippen LogP contribution >= 0.6 is 23.1 Å². The molecular weight excluding hydrogens is 905 g/mol. The van der Waals surface area contributed by atoms with Crippen LogP contribution in [0.3, 0.4) is 0 Å². The summed E-state index contributed by atoms with van der Waals surface area (Å²) in [6.07, 6.45) is 12.5. The molecule has 1 unspecified atom stereocenters. The number of rotatable bonds is 17. The number of imide groups is 1. The molecule has 15 nitrogen and oxygen atoms in total. The Morgan fingerprint density at radius 1 is 0.862 bits per heavy atom. The van der Waals surface area contributed by atoms with E-state index in [0.717, 1.165) is 82.2 Å². The molecule has 3 saturated heterocycles. The third-order valence-corrected chi connectivity index (χ3v) is 15.1. The molecule has 344 valence electrons. The molecule has 0 bridgehead atoms. The fourth-order valence-corrected chi connectivity index (χ4v) is 11.1. The van der Waals surface area contributed by atoms with E-state index in [1.807, 2.05) is 12.1 Å². The van der Waals surface area contributed by atoms with Crippen molar-refractivity contribution in [3.8, 4) is 5.75 Å². The highest BCUT2D eigenvalue weighted by atomic mass is 79.9. The smallest absolute Gasteiger partial charge is 0.234 e. The number of aryl methyl sites for hydroxylation is 1. The van der Waals surface area contributed by atoms with Gasteiger partial charge in [-0.3, -0.25) is 24.9 Å². The summed E-state index contributed by atoms with van der Waals surface area (Å²) >= 11 is 3.60. The number of hydrogen-bond donors (Lipinski definition) is 5. The molecule has 3 fully saturated rings. The minimum Gasteiger partial charge on any atom is -0.494 e. The molecule has 3 aliphatic heterocycles. The number of halogens is 1. The van der Waals surface area contributed by atoms with Crippen LogP contribution in [-0.4, -0.2) is 104 Å². The molecule has 2 amide bonds. The predicted molar refractivity (Wildman–Crippen MR) is 265 cm³/mol. The quantitative estimate of drug-likeness (QED) is 0.0352. The molecule has 0 aliphatic carbocycles. The van der Waals surface area contributed by atoms with Gasteiger partial charge in [0, 0.05) is 87.8 Å². The van der Waals surface area contributed by atoms with Gasteiger partial charge in [0.25, 0.3) is 0 Å². The molecule has 3 aliphatic rings.